The number of rotatable bonds is 8. The number of fused-ring (bicyclic) bond motifs is 1. The van der Waals surface area contributed by atoms with Crippen molar-refractivity contribution in [3.05, 3.63) is 41.5 Å². The number of benzene rings is 1. The summed E-state index contributed by atoms with van der Waals surface area (Å²) in [5, 5.41) is 0. The van der Waals surface area contributed by atoms with E-state index in [2.05, 4.69) is 72.1 Å². The summed E-state index contributed by atoms with van der Waals surface area (Å²) < 4.78 is 23.0. The smallest absolute Gasteiger partial charge is 0.342 e. The standard InChI is InChI=1S/C31H48O5Si/c1-22(2)37(23(3)4,24(5)6)19-13-17-27-20-29(35-21-33-8)25(7)14-10-11-15-26-16-12-18-28(34-9)30(26)31(32)36-27/h10-12,16,18,22-25,27,29H,14-15,17,20-21H2,1-9H3/b11-10-/t25-,27-,29+/m0/s1. The van der Waals surface area contributed by atoms with Crippen LogP contribution in [-0.4, -0.2) is 47.3 Å². The van der Waals surface area contributed by atoms with E-state index in [0.717, 1.165) is 12.0 Å². The Morgan fingerprint density at radius 1 is 1.05 bits per heavy atom. The number of ether oxygens (including phenoxy) is 4. The normalized spacial score (nSPS) is 21.9. The Hall–Kier alpha value is -2.07. The van der Waals surface area contributed by atoms with Crippen molar-refractivity contribution in [2.45, 2.75) is 103 Å². The molecule has 1 aromatic rings. The number of esters is 1. The van der Waals surface area contributed by atoms with Gasteiger partial charge >= 0.3 is 5.97 Å². The summed E-state index contributed by atoms with van der Waals surface area (Å²) in [7, 11) is 1.32. The monoisotopic (exact) mass is 528 g/mol. The van der Waals surface area contributed by atoms with Crippen molar-refractivity contribution in [3.8, 4) is 17.2 Å². The van der Waals surface area contributed by atoms with E-state index in [-0.39, 0.29) is 24.8 Å². The predicted octanol–water partition coefficient (Wildman–Crippen LogP) is 7.35. The summed E-state index contributed by atoms with van der Waals surface area (Å²) in [6, 6.07) is 5.69. The number of cyclic esters (lactones) is 1. The maximum Gasteiger partial charge on any atom is 0.342 e. The van der Waals surface area contributed by atoms with Gasteiger partial charge in [0.25, 0.3) is 0 Å². The molecule has 0 N–H and O–H groups in total. The van der Waals surface area contributed by atoms with Crippen molar-refractivity contribution in [2.75, 3.05) is 21.0 Å². The second-order valence-electron chi connectivity index (χ2n) is 11.2. The lowest BCUT2D eigenvalue weighted by Crippen LogP contribution is -2.43. The fourth-order valence-corrected chi connectivity index (χ4v) is 11.1. The average Bonchev–Trinajstić information content (AvgIpc) is 2.84. The molecule has 0 bridgehead atoms. The first-order valence-corrected chi connectivity index (χ1v) is 15.9. The van der Waals surface area contributed by atoms with Gasteiger partial charge in [0.15, 0.2) is 0 Å². The van der Waals surface area contributed by atoms with E-state index in [1.165, 1.54) is 0 Å². The highest BCUT2D eigenvalue weighted by Crippen LogP contribution is 2.40. The number of hydrogen-bond donors (Lipinski definition) is 0. The Kier molecular flexibility index (Phi) is 12.4. The minimum atomic E-state index is -1.89. The van der Waals surface area contributed by atoms with Gasteiger partial charge in [0, 0.05) is 20.0 Å². The van der Waals surface area contributed by atoms with Crippen LogP contribution >= 0.6 is 0 Å². The fraction of sp³-hybridized carbons (Fsp3) is 0.645. The quantitative estimate of drug-likeness (QED) is 0.116. The Labute approximate surface area is 226 Å². The van der Waals surface area contributed by atoms with Gasteiger partial charge in [-0.05, 0) is 47.0 Å². The molecule has 2 rings (SSSR count). The van der Waals surface area contributed by atoms with Crippen molar-refractivity contribution in [1.82, 2.24) is 0 Å². The van der Waals surface area contributed by atoms with Crippen molar-refractivity contribution in [2.24, 2.45) is 5.92 Å². The van der Waals surface area contributed by atoms with E-state index in [1.54, 1.807) is 14.2 Å². The molecule has 5 nitrogen and oxygen atoms in total. The van der Waals surface area contributed by atoms with Crippen LogP contribution in [0, 0.1) is 17.4 Å². The van der Waals surface area contributed by atoms with E-state index in [0.29, 0.717) is 47.2 Å². The third-order valence-corrected chi connectivity index (χ3v) is 14.2. The molecule has 0 fully saturated rings. The molecule has 0 saturated heterocycles. The zero-order chi connectivity index (χ0) is 27.6. The summed E-state index contributed by atoms with van der Waals surface area (Å²) in [4.78, 5) is 13.6. The van der Waals surface area contributed by atoms with E-state index >= 15 is 0 Å². The molecule has 1 aromatic carbocycles. The van der Waals surface area contributed by atoms with Gasteiger partial charge in [0.1, 0.15) is 32.3 Å². The lowest BCUT2D eigenvalue weighted by molar-refractivity contribution is -0.102. The van der Waals surface area contributed by atoms with Crippen molar-refractivity contribution in [1.29, 1.82) is 0 Å². The Morgan fingerprint density at radius 3 is 2.32 bits per heavy atom. The van der Waals surface area contributed by atoms with E-state index in [1.807, 2.05) is 18.2 Å². The molecule has 0 unspecified atom stereocenters. The minimum Gasteiger partial charge on any atom is -0.496 e. The first kappa shape index (κ1) is 31.1. The van der Waals surface area contributed by atoms with Gasteiger partial charge in [-0.15, -0.1) is 11.5 Å². The first-order valence-electron chi connectivity index (χ1n) is 13.7. The molecule has 0 spiro atoms. The number of hydrogen-bond acceptors (Lipinski definition) is 5. The number of carbonyl (C=O) groups excluding carboxylic acids is 1. The van der Waals surface area contributed by atoms with Gasteiger partial charge in [-0.2, -0.15) is 0 Å². The van der Waals surface area contributed by atoms with Crippen LogP contribution in [0.5, 0.6) is 5.75 Å². The zero-order valence-corrected chi connectivity index (χ0v) is 25.4. The van der Waals surface area contributed by atoms with Crippen LogP contribution in [0.4, 0.5) is 0 Å². The van der Waals surface area contributed by atoms with Gasteiger partial charge in [0.05, 0.1) is 13.2 Å². The molecular formula is C31H48O5Si. The molecule has 37 heavy (non-hydrogen) atoms. The summed E-state index contributed by atoms with van der Waals surface area (Å²) in [5.41, 5.74) is 6.80. The summed E-state index contributed by atoms with van der Waals surface area (Å²) in [6.45, 7) is 16.2. The molecular weight excluding hydrogens is 480 g/mol. The van der Waals surface area contributed by atoms with Gasteiger partial charge in [0.2, 0.25) is 0 Å². The van der Waals surface area contributed by atoms with E-state index < -0.39 is 14.2 Å². The SMILES string of the molecule is COCO[C@@H]1C[C@H](CC#C[Si](C(C)C)(C(C)C)C(C)C)OC(=O)c2c(cccc2OC)C/C=C\C[C@@H]1C. The van der Waals surface area contributed by atoms with Gasteiger partial charge in [-0.1, -0.05) is 72.8 Å². The molecule has 0 aromatic heterocycles. The largest absolute Gasteiger partial charge is 0.496 e. The van der Waals surface area contributed by atoms with Crippen LogP contribution in [-0.2, 0) is 20.6 Å². The van der Waals surface area contributed by atoms with Crippen LogP contribution in [0.2, 0.25) is 16.6 Å². The lowest BCUT2D eigenvalue weighted by atomic mass is 9.93. The molecule has 1 aliphatic heterocycles. The highest BCUT2D eigenvalue weighted by atomic mass is 28.3. The van der Waals surface area contributed by atoms with E-state index in [9.17, 15) is 4.79 Å². The Balaban J connectivity index is 2.49. The molecule has 3 atom stereocenters. The maximum atomic E-state index is 13.6. The van der Waals surface area contributed by atoms with Crippen LogP contribution in [0.3, 0.4) is 0 Å². The molecule has 0 amide bonds. The number of methoxy groups -OCH3 is 2. The van der Waals surface area contributed by atoms with Crippen molar-refractivity contribution in [3.63, 3.8) is 0 Å². The molecule has 1 heterocycles. The van der Waals surface area contributed by atoms with Gasteiger partial charge in [-0.3, -0.25) is 0 Å². The van der Waals surface area contributed by atoms with Gasteiger partial charge in [-0.25, -0.2) is 4.79 Å². The Morgan fingerprint density at radius 2 is 1.73 bits per heavy atom. The predicted molar refractivity (Wildman–Crippen MR) is 154 cm³/mol. The third-order valence-electron chi connectivity index (χ3n) is 7.85. The summed E-state index contributed by atoms with van der Waals surface area (Å²) >= 11 is 0. The van der Waals surface area contributed by atoms with Crippen LogP contribution in [0.15, 0.2) is 30.4 Å². The zero-order valence-electron chi connectivity index (χ0n) is 24.4. The second-order valence-corrected chi connectivity index (χ2v) is 16.7. The Bertz CT molecular complexity index is 934. The summed E-state index contributed by atoms with van der Waals surface area (Å²) in [5.74, 6) is 3.92. The highest BCUT2D eigenvalue weighted by Gasteiger charge is 2.41. The number of allylic oxidation sites excluding steroid dienone is 2. The first-order chi connectivity index (χ1) is 17.6. The van der Waals surface area contributed by atoms with Crippen LogP contribution < -0.4 is 4.74 Å². The van der Waals surface area contributed by atoms with E-state index in [4.69, 9.17) is 18.9 Å². The highest BCUT2D eigenvalue weighted by molar-refractivity contribution is 6.90. The van der Waals surface area contributed by atoms with Crippen molar-refractivity contribution < 1.29 is 23.7 Å². The molecule has 206 valence electrons. The lowest BCUT2D eigenvalue weighted by Gasteiger charge is -2.38. The second kappa shape index (κ2) is 14.8. The maximum absolute atomic E-state index is 13.6. The molecule has 6 heteroatoms. The minimum absolute atomic E-state index is 0.122. The average molecular weight is 529 g/mol. The molecule has 0 saturated carbocycles. The molecule has 0 aliphatic carbocycles. The topological polar surface area (TPSA) is 54.0 Å². The molecule has 1 aliphatic rings. The summed E-state index contributed by atoms with van der Waals surface area (Å²) in [6.07, 6.45) is 6.29. The molecule has 0 radical (unpaired) electrons. The fourth-order valence-electron chi connectivity index (χ4n) is 5.83. The number of carbonyl (C=O) groups is 1. The van der Waals surface area contributed by atoms with Crippen LogP contribution in [0.1, 0.15) is 83.7 Å². The van der Waals surface area contributed by atoms with Crippen molar-refractivity contribution >= 4 is 14.0 Å². The third kappa shape index (κ3) is 7.96. The van der Waals surface area contributed by atoms with Gasteiger partial charge < -0.3 is 18.9 Å². The van der Waals surface area contributed by atoms with Crippen LogP contribution in [0.25, 0.3) is 0 Å².